The number of hydrogen-bond donors (Lipinski definition) is 1. The molecule has 7 nitrogen and oxygen atoms in total. The molecule has 1 aliphatic heterocycles. The van der Waals surface area contributed by atoms with Crippen LogP contribution >= 0.6 is 0 Å². The summed E-state index contributed by atoms with van der Waals surface area (Å²) < 4.78 is 1.61. The van der Waals surface area contributed by atoms with Gasteiger partial charge >= 0.3 is 0 Å². The second kappa shape index (κ2) is 4.75. The number of amides is 2. The van der Waals surface area contributed by atoms with Crippen LogP contribution < -0.4 is 5.32 Å². The molecule has 0 spiro atoms. The fourth-order valence-corrected chi connectivity index (χ4v) is 2.12. The van der Waals surface area contributed by atoms with Gasteiger partial charge in [0.2, 0.25) is 11.8 Å². The predicted molar refractivity (Wildman–Crippen MR) is 63.2 cm³/mol. The minimum Gasteiger partial charge on any atom is -0.343 e. The summed E-state index contributed by atoms with van der Waals surface area (Å²) in [7, 11) is 1.77. The molecule has 0 bridgehead atoms. The Kier molecular flexibility index (Phi) is 3.31. The lowest BCUT2D eigenvalue weighted by molar-refractivity contribution is -0.149. The van der Waals surface area contributed by atoms with Gasteiger partial charge in [0.25, 0.3) is 0 Å². The van der Waals surface area contributed by atoms with Gasteiger partial charge in [0, 0.05) is 7.05 Å². The highest BCUT2D eigenvalue weighted by Gasteiger charge is 2.37. The molecular formula is C11H17N5O2. The maximum Gasteiger partial charge on any atom is 0.245 e. The van der Waals surface area contributed by atoms with Crippen molar-refractivity contribution < 1.29 is 9.59 Å². The maximum atomic E-state index is 12.1. The number of rotatable bonds is 3. The molecule has 1 N–H and O–H groups in total. The van der Waals surface area contributed by atoms with Gasteiger partial charge in [0.1, 0.15) is 24.2 Å². The number of piperazine rings is 1. The van der Waals surface area contributed by atoms with Crippen molar-refractivity contribution in [2.75, 3.05) is 0 Å². The third-order valence-electron chi connectivity index (χ3n) is 3.19. The highest BCUT2D eigenvalue weighted by molar-refractivity contribution is 5.96. The number of aromatic nitrogens is 3. The normalized spacial score (nSPS) is 24.3. The lowest BCUT2D eigenvalue weighted by atomic mass is 10.1. The van der Waals surface area contributed by atoms with Crippen molar-refractivity contribution in [2.45, 2.75) is 38.9 Å². The van der Waals surface area contributed by atoms with E-state index < -0.39 is 12.1 Å². The Morgan fingerprint density at radius 1 is 1.44 bits per heavy atom. The first-order valence-corrected chi connectivity index (χ1v) is 5.98. The van der Waals surface area contributed by atoms with E-state index in [9.17, 15) is 9.59 Å². The van der Waals surface area contributed by atoms with Crippen LogP contribution in [0.2, 0.25) is 0 Å². The molecule has 18 heavy (non-hydrogen) atoms. The largest absolute Gasteiger partial charge is 0.343 e. The molecule has 0 aliphatic carbocycles. The SMILES string of the molecule is CCC1C(=O)NC(C)C(=O)N1Cc1ncnn1C. The molecule has 2 amide bonds. The molecule has 1 aromatic heterocycles. The summed E-state index contributed by atoms with van der Waals surface area (Å²) in [5.41, 5.74) is 0. The van der Waals surface area contributed by atoms with Gasteiger partial charge in [-0.05, 0) is 13.3 Å². The van der Waals surface area contributed by atoms with E-state index in [1.165, 1.54) is 6.33 Å². The van der Waals surface area contributed by atoms with Crippen molar-refractivity contribution in [3.63, 3.8) is 0 Å². The molecule has 1 fully saturated rings. The second-order valence-electron chi connectivity index (χ2n) is 4.42. The van der Waals surface area contributed by atoms with Gasteiger partial charge in [-0.25, -0.2) is 4.98 Å². The number of carbonyl (C=O) groups is 2. The molecule has 2 unspecified atom stereocenters. The van der Waals surface area contributed by atoms with Crippen molar-refractivity contribution in [1.29, 1.82) is 0 Å². The summed E-state index contributed by atoms with van der Waals surface area (Å²) in [4.78, 5) is 29.7. The molecule has 0 radical (unpaired) electrons. The Balaban J connectivity index is 2.24. The van der Waals surface area contributed by atoms with Crippen LogP contribution in [0.15, 0.2) is 6.33 Å². The topological polar surface area (TPSA) is 80.1 Å². The number of carbonyl (C=O) groups excluding carboxylic acids is 2. The summed E-state index contributed by atoms with van der Waals surface area (Å²) >= 11 is 0. The van der Waals surface area contributed by atoms with E-state index in [1.807, 2.05) is 6.92 Å². The van der Waals surface area contributed by atoms with E-state index in [2.05, 4.69) is 15.4 Å². The Bertz CT molecular complexity index is 470. The van der Waals surface area contributed by atoms with Crippen molar-refractivity contribution >= 4 is 11.8 Å². The van der Waals surface area contributed by atoms with Crippen LogP contribution in [0, 0.1) is 0 Å². The number of aryl methyl sites for hydroxylation is 1. The highest BCUT2D eigenvalue weighted by atomic mass is 16.2. The lowest BCUT2D eigenvalue weighted by Crippen LogP contribution is -2.61. The third kappa shape index (κ3) is 2.07. The molecule has 1 saturated heterocycles. The Labute approximate surface area is 105 Å². The summed E-state index contributed by atoms with van der Waals surface area (Å²) in [5, 5.41) is 6.64. The van der Waals surface area contributed by atoms with E-state index in [0.29, 0.717) is 18.8 Å². The van der Waals surface area contributed by atoms with Gasteiger partial charge in [-0.15, -0.1) is 0 Å². The third-order valence-corrected chi connectivity index (χ3v) is 3.19. The quantitative estimate of drug-likeness (QED) is 0.781. The molecule has 0 aromatic carbocycles. The number of nitrogens with one attached hydrogen (secondary N) is 1. The van der Waals surface area contributed by atoms with Crippen LogP contribution in [0.1, 0.15) is 26.1 Å². The van der Waals surface area contributed by atoms with E-state index >= 15 is 0 Å². The smallest absolute Gasteiger partial charge is 0.245 e. The zero-order valence-electron chi connectivity index (χ0n) is 10.8. The van der Waals surface area contributed by atoms with Gasteiger partial charge in [-0.3, -0.25) is 14.3 Å². The molecule has 7 heteroatoms. The second-order valence-corrected chi connectivity index (χ2v) is 4.42. The Hall–Kier alpha value is -1.92. The molecule has 98 valence electrons. The first-order valence-electron chi connectivity index (χ1n) is 5.98. The van der Waals surface area contributed by atoms with Crippen LogP contribution in [0.3, 0.4) is 0 Å². The van der Waals surface area contributed by atoms with Crippen molar-refractivity contribution in [3.8, 4) is 0 Å². The average Bonchev–Trinajstić information content (AvgIpc) is 2.72. The van der Waals surface area contributed by atoms with Crippen LogP contribution in [0.4, 0.5) is 0 Å². The van der Waals surface area contributed by atoms with E-state index in [4.69, 9.17) is 0 Å². The summed E-state index contributed by atoms with van der Waals surface area (Å²) in [6.45, 7) is 3.89. The average molecular weight is 251 g/mol. The van der Waals surface area contributed by atoms with Gasteiger partial charge < -0.3 is 10.2 Å². The molecule has 0 saturated carbocycles. The van der Waals surface area contributed by atoms with E-state index in [0.717, 1.165) is 0 Å². The zero-order valence-corrected chi connectivity index (χ0v) is 10.8. The predicted octanol–water partition coefficient (Wildman–Crippen LogP) is -0.559. The van der Waals surface area contributed by atoms with Crippen molar-refractivity contribution in [1.82, 2.24) is 25.0 Å². The molecule has 2 atom stereocenters. The van der Waals surface area contributed by atoms with E-state index in [-0.39, 0.29) is 11.8 Å². The Morgan fingerprint density at radius 2 is 2.17 bits per heavy atom. The minimum absolute atomic E-state index is 0.0792. The molecule has 2 rings (SSSR count). The summed E-state index contributed by atoms with van der Waals surface area (Å²) in [5.74, 6) is 0.486. The first-order chi connectivity index (χ1) is 8.54. The maximum absolute atomic E-state index is 12.1. The van der Waals surface area contributed by atoms with Gasteiger partial charge in [-0.2, -0.15) is 5.10 Å². The van der Waals surface area contributed by atoms with Gasteiger partial charge in [-0.1, -0.05) is 6.92 Å². The first kappa shape index (κ1) is 12.5. The fraction of sp³-hybridized carbons (Fsp3) is 0.636. The summed E-state index contributed by atoms with van der Waals surface area (Å²) in [6, 6.07) is -0.904. The molecular weight excluding hydrogens is 234 g/mol. The van der Waals surface area contributed by atoms with Crippen LogP contribution in [0.5, 0.6) is 0 Å². The fourth-order valence-electron chi connectivity index (χ4n) is 2.12. The standard InChI is InChI=1S/C11H17N5O2/c1-4-8-10(17)14-7(2)11(18)16(8)5-9-12-6-13-15(9)3/h6-8H,4-5H2,1-3H3,(H,14,17). The van der Waals surface area contributed by atoms with Gasteiger partial charge in [0.05, 0.1) is 6.54 Å². The number of hydrogen-bond acceptors (Lipinski definition) is 4. The van der Waals surface area contributed by atoms with Gasteiger partial charge in [0.15, 0.2) is 0 Å². The van der Waals surface area contributed by atoms with Crippen molar-refractivity contribution in [3.05, 3.63) is 12.2 Å². The highest BCUT2D eigenvalue weighted by Crippen LogP contribution is 2.15. The monoisotopic (exact) mass is 251 g/mol. The van der Waals surface area contributed by atoms with Crippen LogP contribution in [-0.4, -0.2) is 43.6 Å². The van der Waals surface area contributed by atoms with Crippen LogP contribution in [0.25, 0.3) is 0 Å². The van der Waals surface area contributed by atoms with E-state index in [1.54, 1.807) is 23.6 Å². The zero-order chi connectivity index (χ0) is 13.3. The Morgan fingerprint density at radius 3 is 2.72 bits per heavy atom. The number of nitrogens with zero attached hydrogens (tertiary/aromatic N) is 4. The molecule has 2 heterocycles. The molecule has 1 aliphatic rings. The molecule has 1 aromatic rings. The van der Waals surface area contributed by atoms with Crippen LogP contribution in [-0.2, 0) is 23.2 Å². The van der Waals surface area contributed by atoms with Crippen molar-refractivity contribution in [2.24, 2.45) is 7.05 Å². The minimum atomic E-state index is -0.478. The summed E-state index contributed by atoms with van der Waals surface area (Å²) in [6.07, 6.45) is 2.02. The lowest BCUT2D eigenvalue weighted by Gasteiger charge is -2.37.